The quantitative estimate of drug-likeness (QED) is 0.156. The molecule has 2 aromatic rings. The first-order valence-electron chi connectivity index (χ1n) is 10.9. The lowest BCUT2D eigenvalue weighted by molar-refractivity contribution is -0.137. The lowest BCUT2D eigenvalue weighted by Crippen LogP contribution is -2.25. The summed E-state index contributed by atoms with van der Waals surface area (Å²) in [5.41, 5.74) is -0.0638. The zero-order chi connectivity index (χ0) is 27.0. The first-order valence-corrected chi connectivity index (χ1v) is 10.9. The molecule has 2 rings (SSSR count). The van der Waals surface area contributed by atoms with Gasteiger partial charge in [-0.2, -0.15) is 17.6 Å². The number of rotatable bonds is 10. The number of hydrogen-bond donors (Lipinski definition) is 1. The van der Waals surface area contributed by atoms with E-state index in [2.05, 4.69) is 0 Å². The molecule has 36 heavy (non-hydrogen) atoms. The van der Waals surface area contributed by atoms with Crippen molar-refractivity contribution in [3.05, 3.63) is 69.8 Å². The highest BCUT2D eigenvalue weighted by Gasteiger charge is 2.30. The molecule has 10 heteroatoms. The van der Waals surface area contributed by atoms with E-state index in [0.29, 0.717) is 5.56 Å². The molecule has 2 atom stereocenters. The molecule has 0 amide bonds. The van der Waals surface area contributed by atoms with Crippen molar-refractivity contribution in [2.75, 3.05) is 13.8 Å². The second-order valence-corrected chi connectivity index (χ2v) is 8.06. The molecule has 0 fully saturated rings. The summed E-state index contributed by atoms with van der Waals surface area (Å²) >= 11 is 0. The van der Waals surface area contributed by atoms with Gasteiger partial charge in [0, 0.05) is 12.0 Å². The summed E-state index contributed by atoms with van der Waals surface area (Å²) < 4.78 is 89.0. The Labute approximate surface area is 204 Å². The lowest BCUT2D eigenvalue weighted by Gasteiger charge is -2.20. The largest absolute Gasteiger partial charge is 0.507 e. The van der Waals surface area contributed by atoms with Gasteiger partial charge in [-0.15, -0.1) is 0 Å². The Morgan fingerprint density at radius 1 is 1.11 bits per heavy atom. The highest BCUT2D eigenvalue weighted by atomic mass is 19.4. The van der Waals surface area contributed by atoms with Crippen LogP contribution in [0.3, 0.4) is 0 Å². The molecular formula is C26H26F6O4. The minimum atomic E-state index is -4.52. The van der Waals surface area contributed by atoms with Crippen molar-refractivity contribution in [2.45, 2.75) is 45.4 Å². The van der Waals surface area contributed by atoms with Crippen LogP contribution in [0.4, 0.5) is 26.3 Å². The molecular weight excluding hydrogens is 490 g/mol. The highest BCUT2D eigenvalue weighted by Crippen LogP contribution is 2.38. The highest BCUT2D eigenvalue weighted by molar-refractivity contribution is 5.98. The smallest absolute Gasteiger partial charge is 0.416 e. The Hall–Kier alpha value is -3.43. The minimum absolute atomic E-state index is 0.0107. The molecule has 4 nitrogen and oxygen atoms in total. The number of allylic oxidation sites excluding steroid dienone is 2. The van der Waals surface area contributed by atoms with Gasteiger partial charge in [0.25, 0.3) is 6.36 Å². The second kappa shape index (κ2) is 12.5. The van der Waals surface area contributed by atoms with Gasteiger partial charge in [-0.3, -0.25) is 4.39 Å². The third kappa shape index (κ3) is 7.53. The molecule has 0 saturated carbocycles. The van der Waals surface area contributed by atoms with E-state index in [1.165, 1.54) is 30.4 Å². The van der Waals surface area contributed by atoms with Crippen molar-refractivity contribution in [3.63, 3.8) is 0 Å². The number of methoxy groups -OCH3 is 1. The van der Waals surface area contributed by atoms with Gasteiger partial charge >= 0.3 is 12.1 Å². The van der Waals surface area contributed by atoms with E-state index < -0.39 is 49.1 Å². The first-order chi connectivity index (χ1) is 16.9. The second-order valence-electron chi connectivity index (χ2n) is 8.06. The Kier molecular flexibility index (Phi) is 10.0. The predicted molar refractivity (Wildman–Crippen MR) is 124 cm³/mol. The van der Waals surface area contributed by atoms with E-state index in [1.807, 2.05) is 0 Å². The summed E-state index contributed by atoms with van der Waals surface area (Å²) in [6.45, 7) is 2.41. The monoisotopic (exact) mass is 516 g/mol. The van der Waals surface area contributed by atoms with Crippen LogP contribution in [0.5, 0.6) is 11.5 Å². The van der Waals surface area contributed by atoms with Gasteiger partial charge in [0.15, 0.2) is 6.17 Å². The van der Waals surface area contributed by atoms with Crippen LogP contribution < -0.4 is 4.74 Å². The summed E-state index contributed by atoms with van der Waals surface area (Å²) in [5.74, 6) is -1.84. The van der Waals surface area contributed by atoms with E-state index in [0.717, 1.165) is 24.8 Å². The number of esters is 1. The SMILES string of the molecule is COC(=O)c1c(C=Cc2ccc(C(F)(F)F)cc2)cc(OC(F)C(F)CCF)c(CC=C(C)C)c1O. The average Bonchev–Trinajstić information content (AvgIpc) is 2.81. The maximum absolute atomic E-state index is 14.4. The maximum atomic E-state index is 14.4. The third-order valence-corrected chi connectivity index (χ3v) is 5.10. The van der Waals surface area contributed by atoms with Crippen molar-refractivity contribution in [2.24, 2.45) is 0 Å². The van der Waals surface area contributed by atoms with Gasteiger partial charge in [-0.25, -0.2) is 9.18 Å². The van der Waals surface area contributed by atoms with Gasteiger partial charge in [-0.05, 0) is 49.6 Å². The number of phenolic OH excluding ortho intramolecular Hbond substituents is 1. The van der Waals surface area contributed by atoms with E-state index >= 15 is 0 Å². The van der Waals surface area contributed by atoms with Gasteiger partial charge in [0.1, 0.15) is 17.1 Å². The number of halogens is 6. The topological polar surface area (TPSA) is 55.8 Å². The zero-order valence-corrected chi connectivity index (χ0v) is 19.8. The fourth-order valence-electron chi connectivity index (χ4n) is 3.16. The van der Waals surface area contributed by atoms with Crippen molar-refractivity contribution >= 4 is 18.1 Å². The van der Waals surface area contributed by atoms with Crippen molar-refractivity contribution in [1.29, 1.82) is 0 Å². The van der Waals surface area contributed by atoms with E-state index in [4.69, 9.17) is 9.47 Å². The van der Waals surface area contributed by atoms with Crippen LogP contribution in [0.2, 0.25) is 0 Å². The molecule has 0 radical (unpaired) electrons. The standard InChI is InChI=1S/C26H26F6O4/c1-15(2)4-11-19-21(36-24(29)20(28)12-13-27)14-17(22(23(19)33)25(34)35-3)8-5-16-6-9-18(10-7-16)26(30,31)32/h4-10,14,20,24,33H,11-13H2,1-3H3. The summed E-state index contributed by atoms with van der Waals surface area (Å²) in [6, 6.07) is 5.31. The molecule has 0 aromatic heterocycles. The van der Waals surface area contributed by atoms with Gasteiger partial charge < -0.3 is 14.6 Å². The number of alkyl halides is 6. The minimum Gasteiger partial charge on any atom is -0.507 e. The van der Waals surface area contributed by atoms with Crippen LogP contribution >= 0.6 is 0 Å². The van der Waals surface area contributed by atoms with Crippen LogP contribution in [0.1, 0.15) is 52.9 Å². The van der Waals surface area contributed by atoms with Crippen LogP contribution in [0, 0.1) is 0 Å². The molecule has 0 saturated heterocycles. The number of ether oxygens (including phenoxy) is 2. The van der Waals surface area contributed by atoms with E-state index in [-0.39, 0.29) is 28.9 Å². The summed E-state index contributed by atoms with van der Waals surface area (Å²) in [7, 11) is 1.08. The number of carbonyl (C=O) groups is 1. The van der Waals surface area contributed by atoms with Crippen molar-refractivity contribution < 1.29 is 45.7 Å². The molecule has 0 aliphatic rings. The van der Waals surface area contributed by atoms with Crippen LogP contribution in [0.15, 0.2) is 42.0 Å². The molecule has 0 spiro atoms. The third-order valence-electron chi connectivity index (χ3n) is 5.10. The lowest BCUT2D eigenvalue weighted by atomic mass is 9.97. The fourth-order valence-corrected chi connectivity index (χ4v) is 3.16. The molecule has 0 aliphatic heterocycles. The normalized spacial score (nSPS) is 13.4. The molecule has 2 unspecified atom stereocenters. The summed E-state index contributed by atoms with van der Waals surface area (Å²) in [4.78, 5) is 12.5. The molecule has 1 N–H and O–H groups in total. The zero-order valence-electron chi connectivity index (χ0n) is 19.8. The molecule has 196 valence electrons. The van der Waals surface area contributed by atoms with Crippen molar-refractivity contribution in [1.82, 2.24) is 0 Å². The summed E-state index contributed by atoms with van der Waals surface area (Å²) in [5, 5.41) is 10.9. The van der Waals surface area contributed by atoms with E-state index in [9.17, 15) is 36.2 Å². The Balaban J connectivity index is 2.61. The number of hydrogen-bond acceptors (Lipinski definition) is 4. The fraction of sp³-hybridized carbons (Fsp3) is 0.346. The Morgan fingerprint density at radius 2 is 1.75 bits per heavy atom. The van der Waals surface area contributed by atoms with Gasteiger partial charge in [0.05, 0.1) is 19.3 Å². The average molecular weight is 516 g/mol. The van der Waals surface area contributed by atoms with Crippen LogP contribution in [0.25, 0.3) is 12.2 Å². The predicted octanol–water partition coefficient (Wildman–Crippen LogP) is 7.25. The summed E-state index contributed by atoms with van der Waals surface area (Å²) in [6.07, 6.45) is -5.80. The molecule has 0 aliphatic carbocycles. The first kappa shape index (κ1) is 28.8. The van der Waals surface area contributed by atoms with Gasteiger partial charge in [0.2, 0.25) is 0 Å². The molecule has 2 aromatic carbocycles. The number of aromatic hydroxyl groups is 1. The van der Waals surface area contributed by atoms with Crippen LogP contribution in [-0.2, 0) is 17.3 Å². The molecule has 0 bridgehead atoms. The number of phenols is 1. The van der Waals surface area contributed by atoms with Crippen molar-refractivity contribution in [3.8, 4) is 11.5 Å². The Morgan fingerprint density at radius 3 is 2.28 bits per heavy atom. The molecule has 0 heterocycles. The van der Waals surface area contributed by atoms with E-state index in [1.54, 1.807) is 19.9 Å². The Bertz CT molecular complexity index is 1100. The number of benzene rings is 2. The van der Waals surface area contributed by atoms with Crippen LogP contribution in [-0.4, -0.2) is 37.4 Å². The number of carbonyl (C=O) groups excluding carboxylic acids is 1. The van der Waals surface area contributed by atoms with Gasteiger partial charge in [-0.1, -0.05) is 35.9 Å². The maximum Gasteiger partial charge on any atom is 0.416 e.